The molecule has 2 aromatic rings. The molecule has 0 saturated carbocycles. The Bertz CT molecular complexity index is 668. The van der Waals surface area contributed by atoms with Gasteiger partial charge in [-0.15, -0.1) is 0 Å². The first kappa shape index (κ1) is 17.2. The Kier molecular flexibility index (Phi) is 6.02. The van der Waals surface area contributed by atoms with Crippen molar-refractivity contribution in [2.45, 2.75) is 18.9 Å². The number of Topliss-reactive ketones (excluding diaryl/α,β-unsaturated/α-hetero) is 1. The molecule has 1 saturated heterocycles. The second kappa shape index (κ2) is 8.43. The summed E-state index contributed by atoms with van der Waals surface area (Å²) < 4.78 is 0. The molecule has 1 fully saturated rings. The Hall–Kier alpha value is -1.68. The second-order valence-corrected chi connectivity index (χ2v) is 6.61. The Morgan fingerprint density at radius 2 is 1.71 bits per heavy atom. The van der Waals surface area contributed by atoms with Gasteiger partial charge in [-0.25, -0.2) is 0 Å². The minimum absolute atomic E-state index is 0.120. The smallest absolute Gasteiger partial charge is 0.176 e. The monoisotopic (exact) mass is 342 g/mol. The third-order valence-corrected chi connectivity index (χ3v) is 4.91. The number of carbonyl (C=O) groups excluding carboxylic acids is 1. The molecule has 24 heavy (non-hydrogen) atoms. The Morgan fingerprint density at radius 1 is 1.04 bits per heavy atom. The number of hydrogen-bond acceptors (Lipinski definition) is 3. The average molecular weight is 343 g/mol. The fraction of sp³-hybridized carbons (Fsp3) is 0.350. The minimum atomic E-state index is 0.120. The average Bonchev–Trinajstić information content (AvgIpc) is 3.14. The molecule has 1 atom stereocenters. The summed E-state index contributed by atoms with van der Waals surface area (Å²) in [4.78, 5) is 14.7. The Morgan fingerprint density at radius 3 is 2.42 bits per heavy atom. The van der Waals surface area contributed by atoms with Crippen LogP contribution in [0.1, 0.15) is 34.8 Å². The van der Waals surface area contributed by atoms with Crippen molar-refractivity contribution in [3.63, 3.8) is 0 Å². The number of nitrogens with one attached hydrogen (secondary N) is 1. The maximum absolute atomic E-state index is 12.2. The van der Waals surface area contributed by atoms with Crippen LogP contribution in [-0.4, -0.2) is 36.9 Å². The van der Waals surface area contributed by atoms with Crippen molar-refractivity contribution in [3.05, 3.63) is 70.7 Å². The summed E-state index contributed by atoms with van der Waals surface area (Å²) in [5.74, 6) is 0.120. The molecule has 0 amide bonds. The molecule has 0 spiro atoms. The summed E-state index contributed by atoms with van der Waals surface area (Å²) in [5, 5.41) is 4.13. The topological polar surface area (TPSA) is 32.3 Å². The Balaban J connectivity index is 1.64. The molecular weight excluding hydrogens is 320 g/mol. The lowest BCUT2D eigenvalue weighted by molar-refractivity contribution is 0.0987. The summed E-state index contributed by atoms with van der Waals surface area (Å²) in [5.41, 5.74) is 1.89. The largest absolute Gasteiger partial charge is 0.308 e. The molecule has 0 bridgehead atoms. The first-order valence-corrected chi connectivity index (χ1v) is 8.91. The van der Waals surface area contributed by atoms with Crippen LogP contribution in [0.5, 0.6) is 0 Å². The third-order valence-electron chi connectivity index (χ3n) is 4.56. The van der Waals surface area contributed by atoms with E-state index < -0.39 is 0 Å². The van der Waals surface area contributed by atoms with Crippen molar-refractivity contribution in [1.82, 2.24) is 10.2 Å². The lowest BCUT2D eigenvalue weighted by Crippen LogP contribution is -2.36. The lowest BCUT2D eigenvalue weighted by Gasteiger charge is -2.29. The van der Waals surface area contributed by atoms with Crippen LogP contribution in [0, 0.1) is 0 Å². The Labute approximate surface area is 148 Å². The van der Waals surface area contributed by atoms with E-state index in [0.29, 0.717) is 6.54 Å². The summed E-state index contributed by atoms with van der Waals surface area (Å²) in [6.45, 7) is 3.25. The number of carbonyl (C=O) groups is 1. The van der Waals surface area contributed by atoms with E-state index in [-0.39, 0.29) is 11.8 Å². The summed E-state index contributed by atoms with van der Waals surface area (Å²) in [6, 6.07) is 17.6. The van der Waals surface area contributed by atoms with Crippen LogP contribution in [0.4, 0.5) is 0 Å². The van der Waals surface area contributed by atoms with Gasteiger partial charge < -0.3 is 5.32 Å². The fourth-order valence-electron chi connectivity index (χ4n) is 3.28. The first-order valence-electron chi connectivity index (χ1n) is 8.53. The molecule has 3 rings (SSSR count). The van der Waals surface area contributed by atoms with Gasteiger partial charge in [-0.05, 0) is 37.6 Å². The zero-order valence-electron chi connectivity index (χ0n) is 13.7. The van der Waals surface area contributed by atoms with Gasteiger partial charge in [-0.2, -0.15) is 0 Å². The summed E-state index contributed by atoms with van der Waals surface area (Å²) >= 11 is 6.41. The van der Waals surface area contributed by atoms with Crippen molar-refractivity contribution in [2.75, 3.05) is 26.2 Å². The molecule has 4 heteroatoms. The van der Waals surface area contributed by atoms with Crippen molar-refractivity contribution < 1.29 is 4.79 Å². The van der Waals surface area contributed by atoms with Gasteiger partial charge in [0.15, 0.2) is 5.78 Å². The standard InChI is InChI=1S/C20H23ClN2O/c21-18-11-5-4-10-17(18)19(23-12-6-7-13-23)14-22-15-20(24)16-8-2-1-3-9-16/h1-5,8-11,19,22H,6-7,12-15H2. The van der Waals surface area contributed by atoms with Crippen LogP contribution in [0.3, 0.4) is 0 Å². The van der Waals surface area contributed by atoms with Crippen LogP contribution in [0.2, 0.25) is 5.02 Å². The van der Waals surface area contributed by atoms with Gasteiger partial charge in [0.2, 0.25) is 0 Å². The van der Waals surface area contributed by atoms with Gasteiger partial charge in [0.25, 0.3) is 0 Å². The summed E-state index contributed by atoms with van der Waals surface area (Å²) in [7, 11) is 0. The highest BCUT2D eigenvalue weighted by molar-refractivity contribution is 6.31. The van der Waals surface area contributed by atoms with Crippen LogP contribution in [0.25, 0.3) is 0 Å². The van der Waals surface area contributed by atoms with Gasteiger partial charge in [-0.1, -0.05) is 60.1 Å². The summed E-state index contributed by atoms with van der Waals surface area (Å²) in [6.07, 6.45) is 2.45. The lowest BCUT2D eigenvalue weighted by atomic mass is 10.0. The molecule has 1 aliphatic rings. The number of halogens is 1. The van der Waals surface area contributed by atoms with E-state index in [0.717, 1.165) is 35.8 Å². The van der Waals surface area contributed by atoms with Crippen LogP contribution < -0.4 is 5.32 Å². The molecule has 0 radical (unpaired) electrons. The quantitative estimate of drug-likeness (QED) is 0.773. The van der Waals surface area contributed by atoms with E-state index in [2.05, 4.69) is 16.3 Å². The van der Waals surface area contributed by atoms with E-state index in [1.54, 1.807) is 0 Å². The molecule has 2 aromatic carbocycles. The van der Waals surface area contributed by atoms with Crippen molar-refractivity contribution in [3.8, 4) is 0 Å². The molecule has 1 aliphatic heterocycles. The highest BCUT2D eigenvalue weighted by Crippen LogP contribution is 2.29. The fourth-order valence-corrected chi connectivity index (χ4v) is 3.54. The van der Waals surface area contributed by atoms with Crippen molar-refractivity contribution in [2.24, 2.45) is 0 Å². The SMILES string of the molecule is O=C(CNCC(c1ccccc1Cl)N1CCCC1)c1ccccc1. The predicted molar refractivity (Wildman–Crippen MR) is 98.6 cm³/mol. The maximum atomic E-state index is 12.2. The number of benzene rings is 2. The first-order chi connectivity index (χ1) is 11.8. The molecule has 126 valence electrons. The van der Waals surface area contributed by atoms with Gasteiger partial charge in [0.05, 0.1) is 6.54 Å². The van der Waals surface area contributed by atoms with E-state index in [1.165, 1.54) is 12.8 Å². The highest BCUT2D eigenvalue weighted by atomic mass is 35.5. The zero-order chi connectivity index (χ0) is 16.8. The van der Waals surface area contributed by atoms with Gasteiger partial charge >= 0.3 is 0 Å². The van der Waals surface area contributed by atoms with E-state index >= 15 is 0 Å². The molecule has 0 aliphatic carbocycles. The number of nitrogens with zero attached hydrogens (tertiary/aromatic N) is 1. The van der Waals surface area contributed by atoms with Crippen molar-refractivity contribution >= 4 is 17.4 Å². The second-order valence-electron chi connectivity index (χ2n) is 6.20. The van der Waals surface area contributed by atoms with Gasteiger partial charge in [-0.3, -0.25) is 9.69 Å². The van der Waals surface area contributed by atoms with Gasteiger partial charge in [0, 0.05) is 23.2 Å². The van der Waals surface area contributed by atoms with Crippen LogP contribution in [0.15, 0.2) is 54.6 Å². The number of ketones is 1. The van der Waals surface area contributed by atoms with Crippen LogP contribution in [-0.2, 0) is 0 Å². The zero-order valence-corrected chi connectivity index (χ0v) is 14.5. The van der Waals surface area contributed by atoms with E-state index in [9.17, 15) is 4.79 Å². The highest BCUT2D eigenvalue weighted by Gasteiger charge is 2.24. The molecular formula is C20H23ClN2O. The van der Waals surface area contributed by atoms with E-state index in [1.807, 2.05) is 48.5 Å². The third kappa shape index (κ3) is 4.23. The van der Waals surface area contributed by atoms with Crippen LogP contribution >= 0.6 is 11.6 Å². The number of rotatable bonds is 7. The molecule has 1 N–H and O–H groups in total. The van der Waals surface area contributed by atoms with E-state index in [4.69, 9.17) is 11.6 Å². The molecule has 0 aromatic heterocycles. The molecule has 1 heterocycles. The molecule has 1 unspecified atom stereocenters. The predicted octanol–water partition coefficient (Wildman–Crippen LogP) is 3.95. The maximum Gasteiger partial charge on any atom is 0.176 e. The minimum Gasteiger partial charge on any atom is -0.308 e. The van der Waals surface area contributed by atoms with Crippen molar-refractivity contribution in [1.29, 1.82) is 0 Å². The number of hydrogen-bond donors (Lipinski definition) is 1. The normalized spacial score (nSPS) is 16.2. The van der Waals surface area contributed by atoms with Gasteiger partial charge in [0.1, 0.15) is 0 Å². The molecule has 3 nitrogen and oxygen atoms in total. The number of likely N-dealkylation sites (tertiary alicyclic amines) is 1.